The van der Waals surface area contributed by atoms with Crippen LogP contribution in [-0.2, 0) is 11.8 Å². The molecule has 5 rings (SSSR count). The standard InChI is InChI=1S/C27H27FN6O2/c1-4-19(15-35)34-22(13-16-7-8-17(14-29)23(30-2)24(16)34)26-31-21-12-18(11-20(28)25(21)32(26)3)27(36)33-9-5-6-10-33/h7-8,11-13,15,19,30H,4-6,9-10H2,1-3H3. The fraction of sp³-hybridized carbons (Fsp3) is 0.333. The molecule has 0 aliphatic carbocycles. The van der Waals surface area contributed by atoms with Crippen molar-refractivity contribution in [1.82, 2.24) is 19.0 Å². The molecule has 184 valence electrons. The maximum absolute atomic E-state index is 15.4. The third-order valence-electron chi connectivity index (χ3n) is 7.07. The number of carbonyl (C=O) groups excluding carboxylic acids is 2. The summed E-state index contributed by atoms with van der Waals surface area (Å²) >= 11 is 0. The summed E-state index contributed by atoms with van der Waals surface area (Å²) in [7, 11) is 3.46. The normalized spacial score (nSPS) is 14.4. The van der Waals surface area contributed by atoms with Crippen molar-refractivity contribution in [1.29, 1.82) is 5.26 Å². The Kier molecular flexibility index (Phi) is 5.96. The van der Waals surface area contributed by atoms with Gasteiger partial charge in [0.05, 0.1) is 34.0 Å². The van der Waals surface area contributed by atoms with Crippen molar-refractivity contribution in [3.05, 3.63) is 47.3 Å². The molecule has 0 spiro atoms. The minimum atomic E-state index is -0.524. The van der Waals surface area contributed by atoms with Crippen molar-refractivity contribution >= 4 is 39.8 Å². The fourth-order valence-electron chi connectivity index (χ4n) is 5.28. The molecule has 1 aliphatic rings. The van der Waals surface area contributed by atoms with E-state index in [1.54, 1.807) is 35.7 Å². The number of aldehydes is 1. The van der Waals surface area contributed by atoms with Gasteiger partial charge >= 0.3 is 0 Å². The molecule has 4 aromatic rings. The Morgan fingerprint density at radius 2 is 2.00 bits per heavy atom. The van der Waals surface area contributed by atoms with Crippen molar-refractivity contribution in [2.24, 2.45) is 7.05 Å². The van der Waals surface area contributed by atoms with Gasteiger partial charge in [0.25, 0.3) is 5.91 Å². The number of hydrogen-bond acceptors (Lipinski definition) is 5. The van der Waals surface area contributed by atoms with Crippen molar-refractivity contribution in [3.63, 3.8) is 0 Å². The van der Waals surface area contributed by atoms with Crippen LogP contribution in [0.15, 0.2) is 30.3 Å². The second-order valence-corrected chi connectivity index (χ2v) is 9.12. The Hall–Kier alpha value is -4.19. The molecule has 2 aromatic heterocycles. The number of halogens is 1. The van der Waals surface area contributed by atoms with Gasteiger partial charge in [-0.1, -0.05) is 13.0 Å². The van der Waals surface area contributed by atoms with E-state index in [1.807, 2.05) is 23.6 Å². The average Bonchev–Trinajstić information content (AvgIpc) is 3.62. The van der Waals surface area contributed by atoms with E-state index >= 15 is 4.39 Å². The molecule has 1 saturated heterocycles. The quantitative estimate of drug-likeness (QED) is 0.401. The zero-order valence-electron chi connectivity index (χ0n) is 20.5. The largest absolute Gasteiger partial charge is 0.385 e. The lowest BCUT2D eigenvalue weighted by atomic mass is 10.1. The Labute approximate surface area is 207 Å². The summed E-state index contributed by atoms with van der Waals surface area (Å²) in [6, 6.07) is 10.1. The number of amides is 1. The molecule has 36 heavy (non-hydrogen) atoms. The summed E-state index contributed by atoms with van der Waals surface area (Å²) in [5.41, 5.74) is 3.34. The first-order valence-corrected chi connectivity index (χ1v) is 12.1. The van der Waals surface area contributed by atoms with Gasteiger partial charge in [0.1, 0.15) is 23.7 Å². The molecule has 0 bridgehead atoms. The summed E-state index contributed by atoms with van der Waals surface area (Å²) in [6.07, 6.45) is 3.29. The number of likely N-dealkylation sites (tertiary alicyclic amines) is 1. The number of benzene rings is 2. The van der Waals surface area contributed by atoms with E-state index in [4.69, 9.17) is 4.98 Å². The number of aromatic nitrogens is 3. The number of hydrogen-bond donors (Lipinski definition) is 1. The van der Waals surface area contributed by atoms with E-state index in [2.05, 4.69) is 11.4 Å². The van der Waals surface area contributed by atoms with Crippen LogP contribution in [0.1, 0.15) is 48.1 Å². The molecular weight excluding hydrogens is 459 g/mol. The van der Waals surface area contributed by atoms with Crippen LogP contribution in [0.4, 0.5) is 10.1 Å². The van der Waals surface area contributed by atoms with Crippen LogP contribution in [0.3, 0.4) is 0 Å². The molecule has 3 heterocycles. The number of fused-ring (bicyclic) bond motifs is 2. The number of nitrogens with zero attached hydrogens (tertiary/aromatic N) is 5. The van der Waals surface area contributed by atoms with Crippen molar-refractivity contribution < 1.29 is 14.0 Å². The highest BCUT2D eigenvalue weighted by Crippen LogP contribution is 2.38. The molecule has 9 heteroatoms. The van der Waals surface area contributed by atoms with Crippen LogP contribution < -0.4 is 5.32 Å². The molecule has 0 saturated carbocycles. The maximum atomic E-state index is 15.4. The predicted molar refractivity (Wildman–Crippen MR) is 136 cm³/mol. The van der Waals surface area contributed by atoms with E-state index in [-0.39, 0.29) is 17.0 Å². The highest BCUT2D eigenvalue weighted by atomic mass is 19.1. The monoisotopic (exact) mass is 486 g/mol. The summed E-state index contributed by atoms with van der Waals surface area (Å²) in [6.45, 7) is 3.26. The summed E-state index contributed by atoms with van der Waals surface area (Å²) < 4.78 is 18.9. The van der Waals surface area contributed by atoms with Crippen LogP contribution >= 0.6 is 0 Å². The molecule has 0 radical (unpaired) electrons. The molecule has 1 aliphatic heterocycles. The van der Waals surface area contributed by atoms with Gasteiger partial charge in [-0.3, -0.25) is 4.79 Å². The van der Waals surface area contributed by atoms with Gasteiger partial charge in [-0.25, -0.2) is 9.37 Å². The number of nitrogens with one attached hydrogen (secondary N) is 1. The summed E-state index contributed by atoms with van der Waals surface area (Å²) in [5.74, 6) is -0.250. The SMILES string of the molecule is CCC(C=O)n1c(-c2nc3cc(C(=O)N4CCCC4)cc(F)c3n2C)cc2ccc(C#N)c(NC)c21. The Morgan fingerprint density at radius 1 is 1.25 bits per heavy atom. The third kappa shape index (κ3) is 3.52. The number of nitriles is 1. The van der Waals surface area contributed by atoms with Gasteiger partial charge in [0, 0.05) is 38.1 Å². The van der Waals surface area contributed by atoms with Gasteiger partial charge in [-0.15, -0.1) is 0 Å². The minimum Gasteiger partial charge on any atom is -0.385 e. The highest BCUT2D eigenvalue weighted by Gasteiger charge is 2.26. The van der Waals surface area contributed by atoms with Crippen LogP contribution in [-0.4, -0.2) is 51.3 Å². The van der Waals surface area contributed by atoms with E-state index in [0.717, 1.165) is 24.5 Å². The summed E-state index contributed by atoms with van der Waals surface area (Å²) in [4.78, 5) is 31.5. The molecular formula is C27H27FN6O2. The number of aryl methyl sites for hydroxylation is 1. The molecule has 1 fully saturated rings. The van der Waals surface area contributed by atoms with Crippen molar-refractivity contribution in [2.75, 3.05) is 25.5 Å². The Balaban J connectivity index is 1.76. The third-order valence-corrected chi connectivity index (χ3v) is 7.07. The lowest BCUT2D eigenvalue weighted by Crippen LogP contribution is -2.27. The second-order valence-electron chi connectivity index (χ2n) is 9.12. The molecule has 1 unspecified atom stereocenters. The lowest BCUT2D eigenvalue weighted by Gasteiger charge is -2.18. The number of imidazole rings is 1. The van der Waals surface area contributed by atoms with E-state index < -0.39 is 11.9 Å². The van der Waals surface area contributed by atoms with E-state index in [0.29, 0.717) is 53.3 Å². The van der Waals surface area contributed by atoms with Gasteiger partial charge in [0.2, 0.25) is 0 Å². The van der Waals surface area contributed by atoms with E-state index in [9.17, 15) is 14.9 Å². The zero-order chi connectivity index (χ0) is 25.6. The first-order valence-electron chi connectivity index (χ1n) is 12.1. The first-order chi connectivity index (χ1) is 17.4. The number of anilines is 1. The van der Waals surface area contributed by atoms with Crippen molar-refractivity contribution in [2.45, 2.75) is 32.2 Å². The average molecular weight is 487 g/mol. The van der Waals surface area contributed by atoms with Gasteiger partial charge in [0.15, 0.2) is 5.82 Å². The van der Waals surface area contributed by atoms with Crippen LogP contribution in [0.2, 0.25) is 0 Å². The fourth-order valence-corrected chi connectivity index (χ4v) is 5.28. The Morgan fingerprint density at radius 3 is 2.64 bits per heavy atom. The minimum absolute atomic E-state index is 0.190. The summed E-state index contributed by atoms with van der Waals surface area (Å²) in [5, 5.41) is 13.6. The molecule has 2 aromatic carbocycles. The van der Waals surface area contributed by atoms with Crippen LogP contribution in [0.5, 0.6) is 0 Å². The zero-order valence-corrected chi connectivity index (χ0v) is 20.5. The number of rotatable bonds is 6. The molecule has 1 N–H and O–H groups in total. The smallest absolute Gasteiger partial charge is 0.254 e. The topological polar surface area (TPSA) is 96.0 Å². The maximum Gasteiger partial charge on any atom is 0.254 e. The Bertz CT molecular complexity index is 1550. The van der Waals surface area contributed by atoms with E-state index in [1.165, 1.54) is 6.07 Å². The highest BCUT2D eigenvalue weighted by molar-refractivity contribution is 6.00. The lowest BCUT2D eigenvalue weighted by molar-refractivity contribution is -0.110. The van der Waals surface area contributed by atoms with Crippen molar-refractivity contribution in [3.8, 4) is 17.6 Å². The van der Waals surface area contributed by atoms with Crippen LogP contribution in [0, 0.1) is 17.1 Å². The first kappa shape index (κ1) is 23.5. The van der Waals surface area contributed by atoms with Gasteiger partial charge in [-0.2, -0.15) is 5.26 Å². The number of carbonyl (C=O) groups is 2. The van der Waals surface area contributed by atoms with Gasteiger partial charge in [-0.05, 0) is 43.5 Å². The predicted octanol–water partition coefficient (Wildman–Crippen LogP) is 4.63. The van der Waals surface area contributed by atoms with Gasteiger partial charge < -0.3 is 24.1 Å². The second kappa shape index (κ2) is 9.11. The van der Waals surface area contributed by atoms with Crippen LogP contribution in [0.25, 0.3) is 33.5 Å². The molecule has 8 nitrogen and oxygen atoms in total. The molecule has 1 amide bonds. The molecule has 1 atom stereocenters.